The fourth-order valence-corrected chi connectivity index (χ4v) is 7.47. The van der Waals surface area contributed by atoms with Gasteiger partial charge >= 0.3 is 0 Å². The highest BCUT2D eigenvalue weighted by molar-refractivity contribution is 6.02. The Hall–Kier alpha value is -2.18. The Morgan fingerprint density at radius 1 is 1.08 bits per heavy atom. The molecule has 37 heavy (non-hydrogen) atoms. The van der Waals surface area contributed by atoms with Crippen molar-refractivity contribution in [1.29, 1.82) is 0 Å². The van der Waals surface area contributed by atoms with Gasteiger partial charge in [-0.3, -0.25) is 0 Å². The van der Waals surface area contributed by atoms with Crippen molar-refractivity contribution in [1.82, 2.24) is 0 Å². The number of aryl methyl sites for hydroxylation is 1. The van der Waals surface area contributed by atoms with Crippen molar-refractivity contribution in [2.24, 2.45) is 0 Å². The molecule has 0 amide bonds. The van der Waals surface area contributed by atoms with Gasteiger partial charge < -0.3 is 48.1 Å². The van der Waals surface area contributed by atoms with Crippen LogP contribution in [0.25, 0.3) is 10.8 Å². The second kappa shape index (κ2) is 7.26. The molecule has 4 saturated heterocycles. The second-order valence-electron chi connectivity index (χ2n) is 10.8. The van der Waals surface area contributed by atoms with Gasteiger partial charge in [-0.25, -0.2) is 0 Å². The maximum Gasteiger partial charge on any atom is 0.277 e. The van der Waals surface area contributed by atoms with Gasteiger partial charge in [0.25, 0.3) is 11.6 Å². The maximum atomic E-state index is 11.6. The third-order valence-corrected chi connectivity index (χ3v) is 9.10. The Labute approximate surface area is 213 Å². The number of hydrogen-bond donors (Lipinski definition) is 2. The first kappa shape index (κ1) is 22.8. The van der Waals surface area contributed by atoms with E-state index in [9.17, 15) is 10.2 Å². The van der Waals surface area contributed by atoms with Crippen LogP contribution in [0.2, 0.25) is 0 Å². The van der Waals surface area contributed by atoms with Gasteiger partial charge in [-0.2, -0.15) is 0 Å². The third kappa shape index (κ3) is 2.43. The van der Waals surface area contributed by atoms with Crippen molar-refractivity contribution < 1.29 is 48.1 Å². The summed E-state index contributed by atoms with van der Waals surface area (Å²) in [5.74, 6) is -1.66. The number of methoxy groups -OCH3 is 2. The van der Waals surface area contributed by atoms with Crippen molar-refractivity contribution in [3.05, 3.63) is 28.3 Å². The highest BCUT2D eigenvalue weighted by Crippen LogP contribution is 2.72. The minimum absolute atomic E-state index is 0.00633. The van der Waals surface area contributed by atoms with Crippen LogP contribution in [0.5, 0.6) is 17.2 Å². The summed E-state index contributed by atoms with van der Waals surface area (Å²) in [5, 5.41) is 23.7. The zero-order valence-electron chi connectivity index (χ0n) is 21.0. The first-order chi connectivity index (χ1) is 17.9. The van der Waals surface area contributed by atoms with Gasteiger partial charge in [-0.15, -0.1) is 0 Å². The van der Waals surface area contributed by atoms with E-state index >= 15 is 0 Å². The van der Waals surface area contributed by atoms with Crippen molar-refractivity contribution >= 4 is 10.8 Å². The van der Waals surface area contributed by atoms with Crippen LogP contribution in [0, 0.1) is 6.92 Å². The summed E-state index contributed by atoms with van der Waals surface area (Å²) in [7, 11) is 3.18. The van der Waals surface area contributed by atoms with Crippen molar-refractivity contribution in [2.45, 2.75) is 74.4 Å². The molecule has 10 nitrogen and oxygen atoms in total. The number of aliphatic hydroxyl groups is 1. The predicted octanol–water partition coefficient (Wildman–Crippen LogP) is 2.67. The highest BCUT2D eigenvalue weighted by Gasteiger charge is 2.93. The van der Waals surface area contributed by atoms with E-state index in [0.29, 0.717) is 53.9 Å². The average molecular weight is 515 g/mol. The molecule has 8 rings (SSSR count). The zero-order chi connectivity index (χ0) is 25.3. The van der Waals surface area contributed by atoms with Crippen molar-refractivity contribution in [3.8, 4) is 17.2 Å². The topological polar surface area (TPSA) is 118 Å². The van der Waals surface area contributed by atoms with E-state index in [1.165, 1.54) is 0 Å². The van der Waals surface area contributed by atoms with E-state index in [0.717, 1.165) is 29.5 Å². The first-order valence-corrected chi connectivity index (χ1v) is 13.0. The molecule has 6 aliphatic rings. The molecule has 5 aliphatic heterocycles. The van der Waals surface area contributed by atoms with Crippen LogP contribution < -0.4 is 9.47 Å². The molecule has 10 heteroatoms. The normalized spacial score (nSPS) is 39.5. The van der Waals surface area contributed by atoms with Crippen molar-refractivity contribution in [2.75, 3.05) is 34.0 Å². The van der Waals surface area contributed by atoms with Gasteiger partial charge in [-0.1, -0.05) is 0 Å². The summed E-state index contributed by atoms with van der Waals surface area (Å²) in [6.07, 6.45) is 0.0426. The molecular weight excluding hydrogens is 484 g/mol. The summed E-state index contributed by atoms with van der Waals surface area (Å²) in [4.78, 5) is 0. The molecule has 5 heterocycles. The average Bonchev–Trinajstić information content (AvgIpc) is 3.56. The van der Waals surface area contributed by atoms with E-state index in [2.05, 4.69) is 0 Å². The number of benzene rings is 2. The molecule has 2 aromatic rings. The molecular formula is C27H30O10. The van der Waals surface area contributed by atoms with Crippen LogP contribution in [0.15, 0.2) is 6.07 Å². The molecule has 6 atom stereocenters. The lowest BCUT2D eigenvalue weighted by molar-refractivity contribution is -0.365. The fraction of sp³-hybridized carbons (Fsp3) is 0.630. The van der Waals surface area contributed by atoms with Gasteiger partial charge in [0.2, 0.25) is 11.9 Å². The van der Waals surface area contributed by atoms with E-state index < -0.39 is 41.8 Å². The summed E-state index contributed by atoms with van der Waals surface area (Å²) >= 11 is 0. The Morgan fingerprint density at radius 2 is 1.86 bits per heavy atom. The molecule has 0 radical (unpaired) electrons. The minimum Gasteiger partial charge on any atom is -0.507 e. The summed E-state index contributed by atoms with van der Waals surface area (Å²) in [6.45, 7) is 3.29. The molecule has 198 valence electrons. The number of aromatic hydroxyl groups is 1. The molecule has 4 unspecified atom stereocenters. The van der Waals surface area contributed by atoms with Crippen LogP contribution in [-0.4, -0.2) is 73.8 Å². The van der Waals surface area contributed by atoms with Gasteiger partial charge in [-0.05, 0) is 44.2 Å². The lowest BCUT2D eigenvalue weighted by atomic mass is 9.78. The maximum absolute atomic E-state index is 11.6. The number of fused-ring (bicyclic) bond motifs is 8. The lowest BCUT2D eigenvalue weighted by Gasteiger charge is -2.49. The van der Waals surface area contributed by atoms with E-state index in [1.54, 1.807) is 14.2 Å². The standard InChI is InChI=1S/C27H30O10/c1-12-10-14-18(19(29)17-13(20(14)30-2)6-4-7-15(17)28)21-16(12)22-23-26(31-3,35-21)25(11-34-25)27(36-22,37-23)24-32-8-5-9-33-24/h10,15,22-24,28-29H,4-9,11H2,1-3H3/t15?,22?,23?,25-,26+,27?/m0/s1. The molecule has 4 fully saturated rings. The van der Waals surface area contributed by atoms with Crippen molar-refractivity contribution in [3.63, 3.8) is 0 Å². The Morgan fingerprint density at radius 3 is 2.57 bits per heavy atom. The van der Waals surface area contributed by atoms with Crippen LogP contribution in [0.3, 0.4) is 0 Å². The van der Waals surface area contributed by atoms with E-state index in [-0.39, 0.29) is 12.4 Å². The minimum atomic E-state index is -1.36. The SMILES string of the molecule is COc1c2c(c(O)c3c4c(c(C)cc13)C1OC3(C5OCCCO5)OC1[C@@](OC)(O4)[C@@]31CO1)C(O)CCC2. The highest BCUT2D eigenvalue weighted by atomic mass is 16.9. The lowest BCUT2D eigenvalue weighted by Crippen LogP contribution is -2.70. The second-order valence-corrected chi connectivity index (χ2v) is 10.8. The summed E-state index contributed by atoms with van der Waals surface area (Å²) in [5.41, 5.74) is 1.86. The molecule has 1 aliphatic carbocycles. The van der Waals surface area contributed by atoms with Gasteiger partial charge in [0.15, 0.2) is 6.10 Å². The quantitative estimate of drug-likeness (QED) is 0.592. The Balaban J connectivity index is 1.40. The van der Waals surface area contributed by atoms with Gasteiger partial charge in [0.1, 0.15) is 23.4 Å². The zero-order valence-corrected chi connectivity index (χ0v) is 21.0. The molecule has 0 saturated carbocycles. The summed E-state index contributed by atoms with van der Waals surface area (Å²) < 4.78 is 50.2. The van der Waals surface area contributed by atoms with Crippen LogP contribution >= 0.6 is 0 Å². The van der Waals surface area contributed by atoms with Gasteiger partial charge in [0.05, 0.1) is 38.4 Å². The predicted molar refractivity (Wildman–Crippen MR) is 126 cm³/mol. The number of hydrogen-bond acceptors (Lipinski definition) is 10. The number of phenolic OH excluding ortho intramolecular Hbond substituents is 1. The van der Waals surface area contributed by atoms with Crippen LogP contribution in [0.1, 0.15) is 53.7 Å². The molecule has 2 aromatic carbocycles. The number of rotatable bonds is 3. The smallest absolute Gasteiger partial charge is 0.277 e. The van der Waals surface area contributed by atoms with E-state index in [4.69, 9.17) is 37.9 Å². The monoisotopic (exact) mass is 514 g/mol. The van der Waals surface area contributed by atoms with Crippen LogP contribution in [0.4, 0.5) is 0 Å². The molecule has 2 bridgehead atoms. The number of ether oxygens (including phenoxy) is 8. The number of aliphatic hydroxyl groups excluding tert-OH is 1. The third-order valence-electron chi connectivity index (χ3n) is 9.10. The largest absolute Gasteiger partial charge is 0.507 e. The number of phenols is 1. The molecule has 2 N–H and O–H groups in total. The Bertz CT molecular complexity index is 1330. The Kier molecular flexibility index (Phi) is 4.47. The first-order valence-electron chi connectivity index (χ1n) is 13.0. The van der Waals surface area contributed by atoms with Crippen LogP contribution in [-0.2, 0) is 34.8 Å². The van der Waals surface area contributed by atoms with Gasteiger partial charge in [0, 0.05) is 29.2 Å². The summed E-state index contributed by atoms with van der Waals surface area (Å²) in [6, 6.07) is 1.98. The van der Waals surface area contributed by atoms with E-state index in [1.807, 2.05) is 13.0 Å². The molecule has 1 spiro atoms. The number of epoxide rings is 1. The molecule has 0 aromatic heterocycles. The fourth-order valence-electron chi connectivity index (χ4n) is 7.47.